The van der Waals surface area contributed by atoms with Gasteiger partial charge in [0.15, 0.2) is 0 Å². The lowest BCUT2D eigenvalue weighted by Crippen LogP contribution is -2.41. The monoisotopic (exact) mass is 665 g/mol. The third-order valence-electron chi connectivity index (χ3n) is 5.59. The van der Waals surface area contributed by atoms with Gasteiger partial charge in [-0.3, -0.25) is 24.1 Å². The van der Waals surface area contributed by atoms with Crippen molar-refractivity contribution in [2.45, 2.75) is 0 Å². The van der Waals surface area contributed by atoms with Gasteiger partial charge in [0.1, 0.15) is 6.54 Å². The lowest BCUT2D eigenvalue weighted by Gasteiger charge is -2.13. The molecule has 0 radical (unpaired) electrons. The second-order valence-electron chi connectivity index (χ2n) is 9.14. The van der Waals surface area contributed by atoms with Crippen LogP contribution in [0.15, 0.2) is 12.2 Å². The molecule has 0 unspecified atom stereocenters. The molecule has 0 aromatic carbocycles. The molecule has 0 saturated heterocycles. The molecule has 0 atom stereocenters. The number of nitrogens with one attached hydrogen (secondary N) is 2. The Bertz CT molecular complexity index is 787. The average Bonchev–Trinajstić information content (AvgIpc) is 3.37. The summed E-state index contributed by atoms with van der Waals surface area (Å²) in [5.41, 5.74) is 0. The Hall–Kier alpha value is -2.58. The Morgan fingerprint density at radius 2 is 0.783 bits per heavy atom. The molecular formula is C29H51N3O14. The third kappa shape index (κ3) is 26.6. The molecule has 17 nitrogen and oxygen atoms in total. The summed E-state index contributed by atoms with van der Waals surface area (Å²) in [6.45, 7) is 9.43. The lowest BCUT2D eigenvalue weighted by atomic mass is 10.4. The summed E-state index contributed by atoms with van der Waals surface area (Å²) in [5.74, 6) is -1.41. The van der Waals surface area contributed by atoms with Gasteiger partial charge in [-0.25, -0.2) is 0 Å². The van der Waals surface area contributed by atoms with Crippen molar-refractivity contribution in [3.05, 3.63) is 12.2 Å². The summed E-state index contributed by atoms with van der Waals surface area (Å²) < 4.78 is 54.0. The SMILES string of the molecule is O=CNCCOCCOCCOCCOCCOCCOCCOCCOCCOCCOCCNC(=O)CN1C(=O)C=CC1=O. The van der Waals surface area contributed by atoms with Gasteiger partial charge in [0.25, 0.3) is 11.8 Å². The molecule has 0 aromatic rings. The summed E-state index contributed by atoms with van der Waals surface area (Å²) in [6, 6.07) is 0. The van der Waals surface area contributed by atoms with E-state index in [1.54, 1.807) is 0 Å². The number of hydrogen-bond acceptors (Lipinski definition) is 14. The highest BCUT2D eigenvalue weighted by Gasteiger charge is 2.25. The Kier molecular flexibility index (Phi) is 29.2. The minimum absolute atomic E-state index is 0.263. The van der Waals surface area contributed by atoms with Gasteiger partial charge in [-0.05, 0) is 0 Å². The van der Waals surface area contributed by atoms with Crippen molar-refractivity contribution < 1.29 is 66.5 Å². The zero-order valence-electron chi connectivity index (χ0n) is 26.7. The molecule has 4 amide bonds. The minimum atomic E-state index is -0.493. The van der Waals surface area contributed by atoms with E-state index in [0.717, 1.165) is 17.1 Å². The molecule has 0 aromatic heterocycles. The van der Waals surface area contributed by atoms with Gasteiger partial charge in [0, 0.05) is 25.2 Å². The number of hydrogen-bond donors (Lipinski definition) is 2. The van der Waals surface area contributed by atoms with E-state index in [1.165, 1.54) is 0 Å². The maximum absolute atomic E-state index is 11.8. The fraction of sp³-hybridized carbons (Fsp3) is 0.793. The highest BCUT2D eigenvalue weighted by molar-refractivity contribution is 6.14. The Labute approximate surface area is 270 Å². The summed E-state index contributed by atoms with van der Waals surface area (Å²) in [4.78, 5) is 45.5. The van der Waals surface area contributed by atoms with Crippen LogP contribution in [0.3, 0.4) is 0 Å². The van der Waals surface area contributed by atoms with Crippen LogP contribution in [0.5, 0.6) is 0 Å². The van der Waals surface area contributed by atoms with Gasteiger partial charge in [-0.1, -0.05) is 0 Å². The molecule has 1 aliphatic heterocycles. The van der Waals surface area contributed by atoms with E-state index in [-0.39, 0.29) is 19.7 Å². The fourth-order valence-electron chi connectivity index (χ4n) is 3.32. The van der Waals surface area contributed by atoms with E-state index in [9.17, 15) is 19.2 Å². The lowest BCUT2D eigenvalue weighted by molar-refractivity contribution is -0.141. The van der Waals surface area contributed by atoms with Crippen LogP contribution in [0.2, 0.25) is 0 Å². The Morgan fingerprint density at radius 3 is 1.09 bits per heavy atom. The average molecular weight is 666 g/mol. The van der Waals surface area contributed by atoms with Crippen molar-refractivity contribution in [1.82, 2.24) is 15.5 Å². The van der Waals surface area contributed by atoms with Crippen LogP contribution >= 0.6 is 0 Å². The summed E-state index contributed by atoms with van der Waals surface area (Å²) in [5, 5.41) is 5.10. The van der Waals surface area contributed by atoms with Gasteiger partial charge in [0.05, 0.1) is 132 Å². The molecule has 46 heavy (non-hydrogen) atoms. The van der Waals surface area contributed by atoms with Crippen LogP contribution in [0.25, 0.3) is 0 Å². The molecule has 0 spiro atoms. The standard InChI is InChI=1S/C29H51N3O14/c33-26-30-3-5-37-7-9-39-11-13-41-15-17-43-19-21-45-23-24-46-22-20-44-18-16-42-14-12-40-10-8-38-6-4-31-27(34)25-32-28(35)1-2-29(32)36/h1-2,26H,3-25H2,(H,30,33)(H,31,34). The number of amides is 4. The molecule has 1 aliphatic rings. The van der Waals surface area contributed by atoms with Crippen LogP contribution in [0, 0.1) is 0 Å². The van der Waals surface area contributed by atoms with E-state index in [2.05, 4.69) is 10.6 Å². The Balaban J connectivity index is 1.65. The number of imide groups is 1. The van der Waals surface area contributed by atoms with Crippen molar-refractivity contribution in [1.29, 1.82) is 0 Å². The summed E-state index contributed by atoms with van der Waals surface area (Å²) >= 11 is 0. The van der Waals surface area contributed by atoms with Crippen molar-refractivity contribution in [3.63, 3.8) is 0 Å². The first-order valence-electron chi connectivity index (χ1n) is 15.4. The zero-order chi connectivity index (χ0) is 33.2. The third-order valence-corrected chi connectivity index (χ3v) is 5.59. The first-order valence-corrected chi connectivity index (χ1v) is 15.4. The van der Waals surface area contributed by atoms with Gasteiger partial charge in [-0.15, -0.1) is 0 Å². The molecule has 0 aliphatic carbocycles. The molecule has 266 valence electrons. The number of rotatable bonds is 36. The second-order valence-corrected chi connectivity index (χ2v) is 9.14. The van der Waals surface area contributed by atoms with Crippen LogP contribution < -0.4 is 10.6 Å². The molecule has 2 N–H and O–H groups in total. The van der Waals surface area contributed by atoms with Crippen LogP contribution in [-0.2, 0) is 66.5 Å². The van der Waals surface area contributed by atoms with Crippen LogP contribution in [0.4, 0.5) is 0 Å². The Morgan fingerprint density at radius 1 is 0.500 bits per heavy atom. The molecule has 17 heteroatoms. The van der Waals surface area contributed by atoms with Gasteiger partial charge < -0.3 is 58.0 Å². The number of nitrogens with zero attached hydrogens (tertiary/aromatic N) is 1. The van der Waals surface area contributed by atoms with Crippen LogP contribution in [0.1, 0.15) is 0 Å². The van der Waals surface area contributed by atoms with Crippen molar-refractivity contribution in [3.8, 4) is 0 Å². The summed E-state index contributed by atoms with van der Waals surface area (Å²) in [6.07, 6.45) is 2.91. The zero-order valence-corrected chi connectivity index (χ0v) is 26.7. The van der Waals surface area contributed by atoms with E-state index < -0.39 is 17.7 Å². The largest absolute Gasteiger partial charge is 0.377 e. The van der Waals surface area contributed by atoms with Gasteiger partial charge in [-0.2, -0.15) is 0 Å². The molecule has 1 rings (SSSR count). The first kappa shape index (κ1) is 41.4. The highest BCUT2D eigenvalue weighted by atomic mass is 16.6. The second kappa shape index (κ2) is 32.4. The van der Waals surface area contributed by atoms with Gasteiger partial charge in [0.2, 0.25) is 12.3 Å². The number of ether oxygens (including phenoxy) is 10. The summed E-state index contributed by atoms with van der Waals surface area (Å²) in [7, 11) is 0. The number of carbonyl (C=O) groups is 4. The predicted octanol–water partition coefficient (Wildman–Crippen LogP) is -2.06. The molecule has 0 saturated carbocycles. The van der Waals surface area contributed by atoms with Crippen molar-refractivity contribution >= 4 is 24.1 Å². The topological polar surface area (TPSA) is 188 Å². The quantitative estimate of drug-likeness (QED) is 0.0422. The van der Waals surface area contributed by atoms with E-state index in [4.69, 9.17) is 47.4 Å². The molecular weight excluding hydrogens is 614 g/mol. The number of carbonyl (C=O) groups excluding carboxylic acids is 4. The van der Waals surface area contributed by atoms with Crippen LogP contribution in [-0.4, -0.2) is 181 Å². The van der Waals surface area contributed by atoms with Gasteiger partial charge >= 0.3 is 0 Å². The first-order chi connectivity index (χ1) is 22.6. The maximum atomic E-state index is 11.8. The van der Waals surface area contributed by atoms with Crippen molar-refractivity contribution in [2.24, 2.45) is 0 Å². The predicted molar refractivity (Wildman–Crippen MR) is 161 cm³/mol. The molecule has 0 bridgehead atoms. The highest BCUT2D eigenvalue weighted by Crippen LogP contribution is 2.02. The van der Waals surface area contributed by atoms with E-state index in [0.29, 0.717) is 138 Å². The normalized spacial score (nSPS) is 12.7. The smallest absolute Gasteiger partial charge is 0.254 e. The van der Waals surface area contributed by atoms with Crippen molar-refractivity contribution in [2.75, 3.05) is 152 Å². The minimum Gasteiger partial charge on any atom is -0.377 e. The fourth-order valence-corrected chi connectivity index (χ4v) is 3.32. The molecule has 0 fully saturated rings. The molecule has 1 heterocycles. The van der Waals surface area contributed by atoms with E-state index >= 15 is 0 Å². The van der Waals surface area contributed by atoms with E-state index in [1.807, 2.05) is 0 Å². The maximum Gasteiger partial charge on any atom is 0.254 e.